The molecule has 0 saturated heterocycles. The van der Waals surface area contributed by atoms with Crippen molar-refractivity contribution >= 4 is 43.5 Å². The van der Waals surface area contributed by atoms with E-state index < -0.39 is 0 Å². The SMILES string of the molecule is c1ccc(-c2cc(-c3nc(-c4ccccc4)nc(-c4ccc5ccc6ccccc6c5c4)n3)c3c(c2)oc2ccccc23)cc1. The van der Waals surface area contributed by atoms with Crippen molar-refractivity contribution in [2.24, 2.45) is 0 Å². The van der Waals surface area contributed by atoms with Crippen LogP contribution in [0.3, 0.4) is 0 Å². The maximum Gasteiger partial charge on any atom is 0.164 e. The van der Waals surface area contributed by atoms with E-state index in [0.717, 1.165) is 49.8 Å². The quantitative estimate of drug-likeness (QED) is 0.196. The Balaban J connectivity index is 1.34. The summed E-state index contributed by atoms with van der Waals surface area (Å²) in [5, 5.41) is 6.78. The molecule has 9 rings (SSSR count). The second-order valence-corrected chi connectivity index (χ2v) is 11.3. The monoisotopic (exact) mass is 575 g/mol. The summed E-state index contributed by atoms with van der Waals surface area (Å²) >= 11 is 0. The lowest BCUT2D eigenvalue weighted by atomic mass is 9.98. The Bertz CT molecular complexity index is 2540. The van der Waals surface area contributed by atoms with Crippen molar-refractivity contribution in [3.05, 3.63) is 152 Å². The van der Waals surface area contributed by atoms with Gasteiger partial charge in [0.2, 0.25) is 0 Å². The van der Waals surface area contributed by atoms with Crippen molar-refractivity contribution in [2.75, 3.05) is 0 Å². The molecule has 0 aliphatic rings. The minimum Gasteiger partial charge on any atom is -0.456 e. The summed E-state index contributed by atoms with van der Waals surface area (Å²) in [6, 6.07) is 52.2. The fraction of sp³-hybridized carbons (Fsp3) is 0. The molecule has 2 aromatic heterocycles. The third-order valence-corrected chi connectivity index (χ3v) is 8.50. The number of hydrogen-bond acceptors (Lipinski definition) is 4. The largest absolute Gasteiger partial charge is 0.456 e. The van der Waals surface area contributed by atoms with Gasteiger partial charge in [0.25, 0.3) is 0 Å². The average Bonchev–Trinajstić information content (AvgIpc) is 3.50. The second-order valence-electron chi connectivity index (χ2n) is 11.3. The van der Waals surface area contributed by atoms with Crippen LogP contribution in [0.4, 0.5) is 0 Å². The van der Waals surface area contributed by atoms with Crippen LogP contribution in [0.15, 0.2) is 156 Å². The van der Waals surface area contributed by atoms with Gasteiger partial charge in [-0.05, 0) is 56.9 Å². The van der Waals surface area contributed by atoms with Crippen molar-refractivity contribution in [1.29, 1.82) is 0 Å². The molecule has 0 N–H and O–H groups in total. The normalized spacial score (nSPS) is 11.6. The molecule has 0 amide bonds. The zero-order valence-corrected chi connectivity index (χ0v) is 24.2. The van der Waals surface area contributed by atoms with Gasteiger partial charge < -0.3 is 4.42 Å². The van der Waals surface area contributed by atoms with E-state index in [1.807, 2.05) is 54.6 Å². The fourth-order valence-electron chi connectivity index (χ4n) is 6.31. The molecule has 0 bridgehead atoms. The summed E-state index contributed by atoms with van der Waals surface area (Å²) in [6.45, 7) is 0. The molecule has 0 atom stereocenters. The molecule has 7 aromatic carbocycles. The predicted octanol–water partition coefficient (Wildman–Crippen LogP) is 10.7. The van der Waals surface area contributed by atoms with Crippen LogP contribution in [0, 0.1) is 0 Å². The van der Waals surface area contributed by atoms with Gasteiger partial charge in [-0.2, -0.15) is 0 Å². The van der Waals surface area contributed by atoms with Gasteiger partial charge in [-0.1, -0.05) is 127 Å². The summed E-state index contributed by atoms with van der Waals surface area (Å²) in [6.07, 6.45) is 0. The molecule has 0 fully saturated rings. The number of benzene rings is 7. The van der Waals surface area contributed by atoms with Gasteiger partial charge in [0.05, 0.1) is 0 Å². The Morgan fingerprint density at radius 3 is 1.76 bits per heavy atom. The lowest BCUT2D eigenvalue weighted by Crippen LogP contribution is -2.00. The maximum atomic E-state index is 6.42. The molecule has 0 spiro atoms. The third-order valence-electron chi connectivity index (χ3n) is 8.50. The number of fused-ring (bicyclic) bond motifs is 6. The van der Waals surface area contributed by atoms with Gasteiger partial charge in [-0.15, -0.1) is 0 Å². The van der Waals surface area contributed by atoms with Crippen molar-refractivity contribution < 1.29 is 4.42 Å². The van der Waals surface area contributed by atoms with Gasteiger partial charge in [0, 0.05) is 27.5 Å². The van der Waals surface area contributed by atoms with E-state index in [-0.39, 0.29) is 0 Å². The first kappa shape index (κ1) is 25.4. The highest BCUT2D eigenvalue weighted by molar-refractivity contribution is 6.13. The van der Waals surface area contributed by atoms with E-state index >= 15 is 0 Å². The molecular formula is C41H25N3O. The lowest BCUT2D eigenvalue weighted by molar-refractivity contribution is 0.669. The van der Waals surface area contributed by atoms with Crippen LogP contribution in [0.25, 0.3) is 88.8 Å². The molecule has 0 unspecified atom stereocenters. The molecule has 0 saturated carbocycles. The fourth-order valence-corrected chi connectivity index (χ4v) is 6.31. The molecule has 9 aromatic rings. The lowest BCUT2D eigenvalue weighted by Gasteiger charge is -2.12. The summed E-state index contributed by atoms with van der Waals surface area (Å²) in [4.78, 5) is 15.4. The van der Waals surface area contributed by atoms with Gasteiger partial charge in [0.15, 0.2) is 17.5 Å². The standard InChI is InChI=1S/C41H25N3O/c1-3-11-26(12-4-1)31-24-35(38-33-17-9-10-18-36(33)45-37(38)25-31)41-43-39(29-14-5-2-6-15-29)42-40(44-41)30-22-21-28-20-19-27-13-7-8-16-32(27)34(28)23-30/h1-25H. The molecule has 0 aliphatic carbocycles. The first-order valence-corrected chi connectivity index (χ1v) is 15.0. The van der Waals surface area contributed by atoms with Gasteiger partial charge in [-0.3, -0.25) is 0 Å². The molecule has 210 valence electrons. The highest BCUT2D eigenvalue weighted by Gasteiger charge is 2.20. The van der Waals surface area contributed by atoms with E-state index in [2.05, 4.69) is 97.1 Å². The summed E-state index contributed by atoms with van der Waals surface area (Å²) in [7, 11) is 0. The number of para-hydroxylation sites is 1. The minimum atomic E-state index is 0.603. The van der Waals surface area contributed by atoms with E-state index in [1.54, 1.807) is 0 Å². The first-order chi connectivity index (χ1) is 22.3. The van der Waals surface area contributed by atoms with Crippen LogP contribution >= 0.6 is 0 Å². The second kappa shape index (κ2) is 10.2. The van der Waals surface area contributed by atoms with E-state index in [9.17, 15) is 0 Å². The average molecular weight is 576 g/mol. The number of furan rings is 1. The van der Waals surface area contributed by atoms with Gasteiger partial charge in [0.1, 0.15) is 11.2 Å². The zero-order chi connectivity index (χ0) is 29.7. The number of nitrogens with zero attached hydrogens (tertiary/aromatic N) is 3. The topological polar surface area (TPSA) is 51.8 Å². The molecular weight excluding hydrogens is 550 g/mol. The Kier molecular flexibility index (Phi) is 5.78. The van der Waals surface area contributed by atoms with Crippen LogP contribution in [0.5, 0.6) is 0 Å². The Hall–Kier alpha value is -6.13. The number of aromatic nitrogens is 3. The molecule has 0 radical (unpaired) electrons. The Labute approximate surface area is 259 Å². The van der Waals surface area contributed by atoms with Crippen LogP contribution in [-0.4, -0.2) is 15.0 Å². The van der Waals surface area contributed by atoms with Crippen molar-refractivity contribution in [2.45, 2.75) is 0 Å². The molecule has 45 heavy (non-hydrogen) atoms. The third kappa shape index (κ3) is 4.35. The van der Waals surface area contributed by atoms with Crippen molar-refractivity contribution in [1.82, 2.24) is 15.0 Å². The molecule has 4 nitrogen and oxygen atoms in total. The summed E-state index contributed by atoms with van der Waals surface area (Å²) in [5.41, 5.74) is 6.54. The van der Waals surface area contributed by atoms with Gasteiger partial charge in [-0.25, -0.2) is 15.0 Å². The molecule has 0 aliphatic heterocycles. The maximum absolute atomic E-state index is 6.42. The first-order valence-electron chi connectivity index (χ1n) is 15.0. The minimum absolute atomic E-state index is 0.603. The molecule has 2 heterocycles. The Morgan fingerprint density at radius 2 is 0.956 bits per heavy atom. The number of hydrogen-bond donors (Lipinski definition) is 0. The predicted molar refractivity (Wildman–Crippen MR) is 184 cm³/mol. The van der Waals surface area contributed by atoms with Gasteiger partial charge >= 0.3 is 0 Å². The highest BCUT2D eigenvalue weighted by atomic mass is 16.3. The smallest absolute Gasteiger partial charge is 0.164 e. The molecule has 4 heteroatoms. The Morgan fingerprint density at radius 1 is 0.356 bits per heavy atom. The van der Waals surface area contributed by atoms with Crippen molar-refractivity contribution in [3.8, 4) is 45.3 Å². The van der Waals surface area contributed by atoms with Crippen LogP contribution in [-0.2, 0) is 0 Å². The summed E-state index contributed by atoms with van der Waals surface area (Å²) < 4.78 is 6.42. The van der Waals surface area contributed by atoms with E-state index in [1.165, 1.54) is 21.5 Å². The summed E-state index contributed by atoms with van der Waals surface area (Å²) in [5.74, 6) is 1.85. The van der Waals surface area contributed by atoms with E-state index in [0.29, 0.717) is 17.5 Å². The van der Waals surface area contributed by atoms with Crippen molar-refractivity contribution in [3.63, 3.8) is 0 Å². The van der Waals surface area contributed by atoms with E-state index in [4.69, 9.17) is 19.4 Å². The van der Waals surface area contributed by atoms with Crippen LogP contribution in [0.2, 0.25) is 0 Å². The highest BCUT2D eigenvalue weighted by Crippen LogP contribution is 2.40. The van der Waals surface area contributed by atoms with Crippen LogP contribution < -0.4 is 0 Å². The zero-order valence-electron chi connectivity index (χ0n) is 24.2. The van der Waals surface area contributed by atoms with Crippen LogP contribution in [0.1, 0.15) is 0 Å². The number of rotatable bonds is 4.